The zero-order valence-electron chi connectivity index (χ0n) is 9.90. The number of nitrogens with one attached hydrogen (secondary N) is 1. The number of nitro benzene ring substituents is 1. The highest BCUT2D eigenvalue weighted by Crippen LogP contribution is 2.20. The number of H-pyrrole nitrogens is 1. The van der Waals surface area contributed by atoms with Crippen LogP contribution >= 0.6 is 11.3 Å². The number of rotatable bonds is 2. The number of benzene rings is 1. The molecule has 0 fully saturated rings. The van der Waals surface area contributed by atoms with E-state index in [2.05, 4.69) is 4.98 Å². The first-order valence-corrected chi connectivity index (χ1v) is 6.43. The van der Waals surface area contributed by atoms with Gasteiger partial charge in [0.15, 0.2) is 0 Å². The number of nitrogens with zero attached hydrogens (tertiary/aromatic N) is 2. The number of aromatic nitrogens is 2. The average Bonchev–Trinajstić information content (AvgIpc) is 2.88. The fraction of sp³-hybridized carbons (Fsp3) is 0. The van der Waals surface area contributed by atoms with Gasteiger partial charge in [0.05, 0.1) is 16.0 Å². The van der Waals surface area contributed by atoms with Crippen molar-refractivity contribution in [2.75, 3.05) is 0 Å². The quantitative estimate of drug-likeness (QED) is 0.572. The molecule has 100 valence electrons. The smallest absolute Gasteiger partial charge is 0.273 e. The summed E-state index contributed by atoms with van der Waals surface area (Å²) in [6.45, 7) is 0. The van der Waals surface area contributed by atoms with Crippen molar-refractivity contribution in [3.63, 3.8) is 0 Å². The molecule has 0 saturated carbocycles. The summed E-state index contributed by atoms with van der Waals surface area (Å²) in [6.07, 6.45) is 0. The number of fused-ring (bicyclic) bond motifs is 1. The lowest BCUT2D eigenvalue weighted by Gasteiger charge is -2.06. The molecule has 1 N–H and O–H groups in total. The van der Waals surface area contributed by atoms with Crippen LogP contribution in [0.2, 0.25) is 0 Å². The third kappa shape index (κ3) is 1.82. The second-order valence-electron chi connectivity index (χ2n) is 4.01. The highest BCUT2D eigenvalue weighted by Gasteiger charge is 2.11. The van der Waals surface area contributed by atoms with Crippen molar-refractivity contribution >= 4 is 27.2 Å². The van der Waals surface area contributed by atoms with E-state index in [0.717, 1.165) is 0 Å². The number of aromatic amines is 1. The molecule has 0 atom stereocenters. The van der Waals surface area contributed by atoms with Crippen molar-refractivity contribution < 1.29 is 4.92 Å². The van der Waals surface area contributed by atoms with Gasteiger partial charge in [-0.25, -0.2) is 4.79 Å². The van der Waals surface area contributed by atoms with E-state index in [1.165, 1.54) is 40.2 Å². The van der Waals surface area contributed by atoms with Gasteiger partial charge in [0.25, 0.3) is 11.2 Å². The van der Waals surface area contributed by atoms with Crippen molar-refractivity contribution in [2.24, 2.45) is 0 Å². The summed E-state index contributed by atoms with van der Waals surface area (Å²) < 4.78 is 1.32. The number of hydrogen-bond donors (Lipinski definition) is 1. The maximum atomic E-state index is 12.0. The molecule has 0 bridgehead atoms. The van der Waals surface area contributed by atoms with Crippen LogP contribution < -0.4 is 11.2 Å². The van der Waals surface area contributed by atoms with Crippen LogP contribution in [0.4, 0.5) is 5.69 Å². The molecule has 0 aliphatic rings. The highest BCUT2D eigenvalue weighted by atomic mass is 32.1. The predicted octanol–water partition coefficient (Wildman–Crippen LogP) is 1.65. The zero-order chi connectivity index (χ0) is 14.3. The minimum Gasteiger partial charge on any atom is -0.273 e. The van der Waals surface area contributed by atoms with E-state index in [0.29, 0.717) is 15.9 Å². The summed E-state index contributed by atoms with van der Waals surface area (Å²) in [5.41, 5.74) is -0.610. The molecular formula is C12H7N3O4S. The normalized spacial score (nSPS) is 10.8. The third-order valence-corrected chi connectivity index (χ3v) is 3.73. The van der Waals surface area contributed by atoms with Crippen molar-refractivity contribution in [3.05, 3.63) is 66.7 Å². The molecule has 0 unspecified atom stereocenters. The standard InChI is InChI=1S/C12H7N3O4S/c16-10-9-5-6-20-11(9)14(12(17)13-10)7-1-3-8(4-2-7)15(18)19/h1-6H,(H,13,16,17). The minimum absolute atomic E-state index is 0.0614. The fourth-order valence-corrected chi connectivity index (χ4v) is 2.83. The molecular weight excluding hydrogens is 282 g/mol. The lowest BCUT2D eigenvalue weighted by molar-refractivity contribution is -0.384. The van der Waals surface area contributed by atoms with Gasteiger partial charge >= 0.3 is 5.69 Å². The van der Waals surface area contributed by atoms with Gasteiger partial charge in [-0.05, 0) is 23.6 Å². The van der Waals surface area contributed by atoms with E-state index in [-0.39, 0.29) is 5.69 Å². The molecule has 20 heavy (non-hydrogen) atoms. The highest BCUT2D eigenvalue weighted by molar-refractivity contribution is 7.16. The van der Waals surface area contributed by atoms with Crippen molar-refractivity contribution in [1.82, 2.24) is 9.55 Å². The van der Waals surface area contributed by atoms with Crippen LogP contribution in [0.25, 0.3) is 15.9 Å². The van der Waals surface area contributed by atoms with Crippen LogP contribution in [-0.4, -0.2) is 14.5 Å². The van der Waals surface area contributed by atoms with Gasteiger partial charge in [0.2, 0.25) is 0 Å². The predicted molar refractivity (Wildman–Crippen MR) is 74.7 cm³/mol. The SMILES string of the molecule is O=c1[nH]c(=O)n(-c2ccc([N+](=O)[O-])cc2)c2sccc12. The summed E-state index contributed by atoms with van der Waals surface area (Å²) in [7, 11) is 0. The van der Waals surface area contributed by atoms with Gasteiger partial charge in [0.1, 0.15) is 4.83 Å². The van der Waals surface area contributed by atoms with Crippen LogP contribution in [0.3, 0.4) is 0 Å². The molecule has 3 aromatic rings. The largest absolute Gasteiger partial charge is 0.334 e. The maximum absolute atomic E-state index is 12.0. The summed E-state index contributed by atoms with van der Waals surface area (Å²) in [5.74, 6) is 0. The van der Waals surface area contributed by atoms with Crippen LogP contribution in [-0.2, 0) is 0 Å². The molecule has 3 rings (SSSR count). The van der Waals surface area contributed by atoms with E-state index in [1.807, 2.05) is 0 Å². The second-order valence-corrected chi connectivity index (χ2v) is 4.90. The van der Waals surface area contributed by atoms with E-state index in [1.54, 1.807) is 11.4 Å². The van der Waals surface area contributed by atoms with E-state index >= 15 is 0 Å². The summed E-state index contributed by atoms with van der Waals surface area (Å²) in [4.78, 5) is 36.4. The van der Waals surface area contributed by atoms with E-state index in [9.17, 15) is 19.7 Å². The Labute approximate surface area is 114 Å². The van der Waals surface area contributed by atoms with Crippen molar-refractivity contribution in [2.45, 2.75) is 0 Å². The Morgan fingerprint density at radius 3 is 2.50 bits per heavy atom. The number of nitro groups is 1. The second kappa shape index (κ2) is 4.42. The molecule has 0 radical (unpaired) electrons. The molecule has 1 aromatic carbocycles. The van der Waals surface area contributed by atoms with E-state index < -0.39 is 16.2 Å². The molecule has 0 aliphatic carbocycles. The molecule has 0 saturated heterocycles. The van der Waals surface area contributed by atoms with Gasteiger partial charge in [-0.3, -0.25) is 24.5 Å². The first-order valence-electron chi connectivity index (χ1n) is 5.55. The van der Waals surface area contributed by atoms with Gasteiger partial charge in [-0.1, -0.05) is 0 Å². The Balaban J connectivity index is 2.29. The minimum atomic E-state index is -0.571. The number of thiophene rings is 1. The third-order valence-electron chi connectivity index (χ3n) is 2.83. The first-order chi connectivity index (χ1) is 9.58. The van der Waals surface area contributed by atoms with Gasteiger partial charge in [-0.15, -0.1) is 11.3 Å². The Kier molecular flexibility index (Phi) is 2.72. The number of hydrogen-bond acceptors (Lipinski definition) is 5. The van der Waals surface area contributed by atoms with Crippen LogP contribution in [0.15, 0.2) is 45.3 Å². The molecule has 8 heteroatoms. The Morgan fingerprint density at radius 2 is 1.85 bits per heavy atom. The van der Waals surface area contributed by atoms with Gasteiger partial charge in [-0.2, -0.15) is 0 Å². The Morgan fingerprint density at radius 1 is 1.15 bits per heavy atom. The lowest BCUT2D eigenvalue weighted by Crippen LogP contribution is -2.28. The van der Waals surface area contributed by atoms with E-state index in [4.69, 9.17) is 0 Å². The monoisotopic (exact) mass is 289 g/mol. The maximum Gasteiger partial charge on any atom is 0.334 e. The zero-order valence-corrected chi connectivity index (χ0v) is 10.7. The molecule has 0 amide bonds. The van der Waals surface area contributed by atoms with Gasteiger partial charge < -0.3 is 0 Å². The molecule has 0 aliphatic heterocycles. The molecule has 7 nitrogen and oxygen atoms in total. The summed E-state index contributed by atoms with van der Waals surface area (Å²) >= 11 is 1.26. The summed E-state index contributed by atoms with van der Waals surface area (Å²) in [5, 5.41) is 12.7. The van der Waals surface area contributed by atoms with Crippen molar-refractivity contribution in [3.8, 4) is 5.69 Å². The summed E-state index contributed by atoms with van der Waals surface area (Å²) in [6, 6.07) is 7.19. The Bertz CT molecular complexity index is 920. The van der Waals surface area contributed by atoms with Crippen molar-refractivity contribution in [1.29, 1.82) is 0 Å². The Hall–Kier alpha value is -2.74. The van der Waals surface area contributed by atoms with Crippen LogP contribution in [0.1, 0.15) is 0 Å². The van der Waals surface area contributed by atoms with Crippen LogP contribution in [0.5, 0.6) is 0 Å². The number of non-ortho nitro benzene ring substituents is 1. The average molecular weight is 289 g/mol. The molecule has 2 aromatic heterocycles. The fourth-order valence-electron chi connectivity index (χ4n) is 1.92. The first kappa shape index (κ1) is 12.3. The topological polar surface area (TPSA) is 98.0 Å². The van der Waals surface area contributed by atoms with Crippen LogP contribution in [0, 0.1) is 10.1 Å². The van der Waals surface area contributed by atoms with Gasteiger partial charge in [0, 0.05) is 12.1 Å². The molecule has 0 spiro atoms. The molecule has 2 heterocycles. The lowest BCUT2D eigenvalue weighted by atomic mass is 10.3.